The molecule has 3 nitrogen and oxygen atoms in total. The molecule has 1 amide bonds. The number of ether oxygens (including phenoxy) is 1. The summed E-state index contributed by atoms with van der Waals surface area (Å²) in [5, 5.41) is 0. The topological polar surface area (TPSA) is 29.5 Å². The zero-order valence-electron chi connectivity index (χ0n) is 10.7. The SMILES string of the molecule is CN(CCOCC1CC1)C(=O)CC1(CS)CC1. The van der Waals surface area contributed by atoms with E-state index in [4.69, 9.17) is 4.74 Å². The number of likely N-dealkylation sites (N-methyl/N-ethyl adjacent to an activating group) is 1. The monoisotopic (exact) mass is 257 g/mol. The summed E-state index contributed by atoms with van der Waals surface area (Å²) in [5.74, 6) is 1.88. The summed E-state index contributed by atoms with van der Waals surface area (Å²) in [6, 6.07) is 0. The van der Waals surface area contributed by atoms with Crippen LogP contribution in [0, 0.1) is 11.3 Å². The maximum absolute atomic E-state index is 11.9. The Morgan fingerprint density at radius 1 is 1.47 bits per heavy atom. The van der Waals surface area contributed by atoms with Gasteiger partial charge in [0.2, 0.25) is 5.91 Å². The fraction of sp³-hybridized carbons (Fsp3) is 0.923. The van der Waals surface area contributed by atoms with Crippen LogP contribution in [0.5, 0.6) is 0 Å². The molecule has 0 bridgehead atoms. The summed E-state index contributed by atoms with van der Waals surface area (Å²) in [6.07, 6.45) is 5.62. The Kier molecular flexibility index (Phi) is 4.36. The summed E-state index contributed by atoms with van der Waals surface area (Å²) in [7, 11) is 1.87. The van der Waals surface area contributed by atoms with Crippen molar-refractivity contribution >= 4 is 18.5 Å². The van der Waals surface area contributed by atoms with Crippen LogP contribution in [0.3, 0.4) is 0 Å². The Morgan fingerprint density at radius 3 is 2.71 bits per heavy atom. The molecule has 2 rings (SSSR count). The van der Waals surface area contributed by atoms with E-state index < -0.39 is 0 Å². The van der Waals surface area contributed by atoms with Crippen molar-refractivity contribution in [2.24, 2.45) is 11.3 Å². The lowest BCUT2D eigenvalue weighted by atomic mass is 10.0. The number of hydrogen-bond acceptors (Lipinski definition) is 3. The van der Waals surface area contributed by atoms with E-state index in [1.54, 1.807) is 4.90 Å². The molecular formula is C13H23NO2S. The van der Waals surface area contributed by atoms with Gasteiger partial charge in [-0.1, -0.05) is 0 Å². The second kappa shape index (κ2) is 5.61. The maximum atomic E-state index is 11.9. The molecule has 0 unspecified atom stereocenters. The Hall–Kier alpha value is -0.220. The fourth-order valence-electron chi connectivity index (χ4n) is 1.88. The standard InChI is InChI=1S/C13H23NO2S/c1-14(6-7-16-9-11-2-3-11)12(15)8-13(10-17)4-5-13/h11,17H,2-10H2,1H3. The van der Waals surface area contributed by atoms with E-state index in [9.17, 15) is 4.79 Å². The molecular weight excluding hydrogens is 234 g/mol. The van der Waals surface area contributed by atoms with Gasteiger partial charge in [-0.2, -0.15) is 12.6 Å². The summed E-state index contributed by atoms with van der Waals surface area (Å²) < 4.78 is 5.54. The third kappa shape index (κ3) is 4.18. The van der Waals surface area contributed by atoms with E-state index in [2.05, 4.69) is 12.6 Å². The van der Waals surface area contributed by atoms with Gasteiger partial charge in [-0.15, -0.1) is 0 Å². The summed E-state index contributed by atoms with van der Waals surface area (Å²) in [4.78, 5) is 13.7. The van der Waals surface area contributed by atoms with Gasteiger partial charge >= 0.3 is 0 Å². The third-order valence-electron chi connectivity index (χ3n) is 3.87. The van der Waals surface area contributed by atoms with Crippen LogP contribution >= 0.6 is 12.6 Å². The molecule has 0 aromatic rings. The quantitative estimate of drug-likeness (QED) is 0.532. The first-order chi connectivity index (χ1) is 8.15. The fourth-order valence-corrected chi connectivity index (χ4v) is 2.31. The molecule has 98 valence electrons. The van der Waals surface area contributed by atoms with Crippen LogP contribution in [-0.4, -0.2) is 43.4 Å². The second-order valence-electron chi connectivity index (χ2n) is 5.67. The number of nitrogens with zero attached hydrogens (tertiary/aromatic N) is 1. The molecule has 17 heavy (non-hydrogen) atoms. The molecule has 2 saturated carbocycles. The smallest absolute Gasteiger partial charge is 0.222 e. The zero-order chi connectivity index (χ0) is 12.3. The number of thiol groups is 1. The van der Waals surface area contributed by atoms with Crippen LogP contribution in [0.1, 0.15) is 32.1 Å². The minimum atomic E-state index is 0.226. The van der Waals surface area contributed by atoms with E-state index in [1.807, 2.05) is 7.05 Å². The highest BCUT2D eigenvalue weighted by Crippen LogP contribution is 2.49. The van der Waals surface area contributed by atoms with Crippen molar-refractivity contribution < 1.29 is 9.53 Å². The van der Waals surface area contributed by atoms with Crippen LogP contribution in [0.4, 0.5) is 0 Å². The van der Waals surface area contributed by atoms with Gasteiger partial charge in [-0.05, 0) is 42.8 Å². The van der Waals surface area contributed by atoms with Gasteiger partial charge < -0.3 is 9.64 Å². The molecule has 2 fully saturated rings. The van der Waals surface area contributed by atoms with Gasteiger partial charge in [0.25, 0.3) is 0 Å². The zero-order valence-corrected chi connectivity index (χ0v) is 11.5. The average molecular weight is 257 g/mol. The molecule has 4 heteroatoms. The molecule has 0 aromatic heterocycles. The average Bonchev–Trinajstić information content (AvgIpc) is 3.19. The molecule has 2 aliphatic rings. The number of carbonyl (C=O) groups is 1. The summed E-state index contributed by atoms with van der Waals surface area (Å²) >= 11 is 4.33. The van der Waals surface area contributed by atoms with Crippen molar-refractivity contribution in [2.45, 2.75) is 32.1 Å². The molecule has 0 spiro atoms. The van der Waals surface area contributed by atoms with Crippen LogP contribution in [-0.2, 0) is 9.53 Å². The van der Waals surface area contributed by atoms with Crippen molar-refractivity contribution in [3.63, 3.8) is 0 Å². The summed E-state index contributed by atoms with van der Waals surface area (Å²) in [5.41, 5.74) is 0.226. The predicted octanol–water partition coefficient (Wildman–Crippen LogP) is 1.97. The molecule has 0 aromatic carbocycles. The van der Waals surface area contributed by atoms with Gasteiger partial charge in [0.15, 0.2) is 0 Å². The van der Waals surface area contributed by atoms with E-state index in [-0.39, 0.29) is 11.3 Å². The molecule has 0 saturated heterocycles. The van der Waals surface area contributed by atoms with Crippen LogP contribution < -0.4 is 0 Å². The van der Waals surface area contributed by atoms with E-state index in [0.29, 0.717) is 19.6 Å². The Labute approximate surface area is 109 Å². The highest BCUT2D eigenvalue weighted by molar-refractivity contribution is 7.80. The third-order valence-corrected chi connectivity index (χ3v) is 4.54. The van der Waals surface area contributed by atoms with E-state index in [0.717, 1.165) is 31.1 Å². The van der Waals surface area contributed by atoms with Crippen LogP contribution in [0.25, 0.3) is 0 Å². The number of hydrogen-bond donors (Lipinski definition) is 1. The number of carbonyl (C=O) groups excluding carboxylic acids is 1. The highest BCUT2D eigenvalue weighted by Gasteiger charge is 2.43. The molecule has 0 aliphatic heterocycles. The molecule has 0 radical (unpaired) electrons. The van der Waals surface area contributed by atoms with Gasteiger partial charge in [-0.25, -0.2) is 0 Å². The van der Waals surface area contributed by atoms with Crippen LogP contribution in [0.15, 0.2) is 0 Å². The Balaban J connectivity index is 1.57. The first kappa shape index (κ1) is 13.2. The Morgan fingerprint density at radius 2 is 2.18 bits per heavy atom. The van der Waals surface area contributed by atoms with Crippen LogP contribution in [0.2, 0.25) is 0 Å². The largest absolute Gasteiger partial charge is 0.379 e. The van der Waals surface area contributed by atoms with Crippen molar-refractivity contribution in [3.05, 3.63) is 0 Å². The maximum Gasteiger partial charge on any atom is 0.222 e. The van der Waals surface area contributed by atoms with Gasteiger partial charge in [0, 0.05) is 26.6 Å². The molecule has 0 N–H and O–H groups in total. The highest BCUT2D eigenvalue weighted by atomic mass is 32.1. The van der Waals surface area contributed by atoms with E-state index >= 15 is 0 Å². The molecule has 0 heterocycles. The first-order valence-electron chi connectivity index (χ1n) is 6.58. The lowest BCUT2D eigenvalue weighted by molar-refractivity contribution is -0.131. The van der Waals surface area contributed by atoms with Crippen molar-refractivity contribution in [1.29, 1.82) is 0 Å². The number of rotatable bonds is 8. The minimum absolute atomic E-state index is 0.226. The summed E-state index contributed by atoms with van der Waals surface area (Å²) in [6.45, 7) is 2.27. The Bertz CT molecular complexity index is 275. The van der Waals surface area contributed by atoms with Crippen molar-refractivity contribution in [3.8, 4) is 0 Å². The van der Waals surface area contributed by atoms with Gasteiger partial charge in [0.1, 0.15) is 0 Å². The normalized spacial score (nSPS) is 21.3. The van der Waals surface area contributed by atoms with Crippen molar-refractivity contribution in [1.82, 2.24) is 4.90 Å². The van der Waals surface area contributed by atoms with Gasteiger partial charge in [-0.3, -0.25) is 4.79 Å². The second-order valence-corrected chi connectivity index (χ2v) is 5.98. The lowest BCUT2D eigenvalue weighted by Gasteiger charge is -2.20. The molecule has 2 aliphatic carbocycles. The predicted molar refractivity (Wildman–Crippen MR) is 71.3 cm³/mol. The number of amides is 1. The first-order valence-corrected chi connectivity index (χ1v) is 7.21. The van der Waals surface area contributed by atoms with Crippen molar-refractivity contribution in [2.75, 3.05) is 32.6 Å². The minimum Gasteiger partial charge on any atom is -0.379 e. The van der Waals surface area contributed by atoms with E-state index in [1.165, 1.54) is 12.8 Å². The molecule has 0 atom stereocenters. The lowest BCUT2D eigenvalue weighted by Crippen LogP contribution is -2.32. The van der Waals surface area contributed by atoms with Gasteiger partial charge in [0.05, 0.1) is 6.61 Å².